The molecule has 2 aromatic heterocycles. The molecule has 2 heterocycles. The minimum atomic E-state index is -0.588. The van der Waals surface area contributed by atoms with Gasteiger partial charge in [0.05, 0.1) is 19.3 Å². The minimum absolute atomic E-state index is 0.233. The number of ether oxygens (including phenoxy) is 1. The van der Waals surface area contributed by atoms with E-state index in [4.69, 9.17) is 9.15 Å². The highest BCUT2D eigenvalue weighted by Crippen LogP contribution is 2.24. The van der Waals surface area contributed by atoms with Gasteiger partial charge in [-0.05, 0) is 19.2 Å². The topological polar surface area (TPSA) is 91.6 Å². The maximum absolute atomic E-state index is 12.2. The molecular formula is C16H19N3O4. The second-order valence-electron chi connectivity index (χ2n) is 5.59. The molecule has 0 radical (unpaired) electrons. The number of aliphatic hydroxyl groups is 1. The lowest BCUT2D eigenvalue weighted by molar-refractivity contribution is 0.0414. The number of nitrogens with zero attached hydrogens (tertiary/aromatic N) is 2. The fourth-order valence-corrected chi connectivity index (χ4v) is 2.65. The predicted molar refractivity (Wildman–Crippen MR) is 86.4 cm³/mol. The van der Waals surface area contributed by atoms with Crippen molar-refractivity contribution in [2.24, 2.45) is 0 Å². The zero-order valence-corrected chi connectivity index (χ0v) is 13.1. The first kappa shape index (κ1) is 15.7. The molecule has 1 atom stereocenters. The molecular weight excluding hydrogens is 298 g/mol. The molecule has 1 aromatic carbocycles. The van der Waals surface area contributed by atoms with Crippen molar-refractivity contribution >= 4 is 22.1 Å². The summed E-state index contributed by atoms with van der Waals surface area (Å²) in [4.78, 5) is 21.3. The Bertz CT molecular complexity index is 871. The van der Waals surface area contributed by atoms with Crippen LogP contribution in [0.25, 0.3) is 22.1 Å². The third kappa shape index (κ3) is 3.26. The van der Waals surface area contributed by atoms with Gasteiger partial charge in [0.15, 0.2) is 0 Å². The number of furan rings is 1. The van der Waals surface area contributed by atoms with Crippen molar-refractivity contribution in [2.75, 3.05) is 27.3 Å². The maximum atomic E-state index is 12.2. The van der Waals surface area contributed by atoms with Crippen molar-refractivity contribution in [3.05, 3.63) is 40.4 Å². The highest BCUT2D eigenvalue weighted by Gasteiger charge is 2.14. The summed E-state index contributed by atoms with van der Waals surface area (Å²) in [6.45, 7) is 1.09. The molecule has 7 nitrogen and oxygen atoms in total. The van der Waals surface area contributed by atoms with Gasteiger partial charge in [-0.2, -0.15) is 0 Å². The highest BCUT2D eigenvalue weighted by atomic mass is 16.5. The van der Waals surface area contributed by atoms with Crippen LogP contribution in [0.3, 0.4) is 0 Å². The third-order valence-corrected chi connectivity index (χ3v) is 3.58. The molecule has 0 amide bonds. The summed E-state index contributed by atoms with van der Waals surface area (Å²) < 4.78 is 10.5. The first-order valence-electron chi connectivity index (χ1n) is 7.34. The van der Waals surface area contributed by atoms with Crippen molar-refractivity contribution in [3.8, 4) is 0 Å². The van der Waals surface area contributed by atoms with E-state index in [9.17, 15) is 9.90 Å². The minimum Gasteiger partial charge on any atom is -0.449 e. The van der Waals surface area contributed by atoms with Crippen LogP contribution in [-0.4, -0.2) is 53.4 Å². The van der Waals surface area contributed by atoms with Crippen molar-refractivity contribution in [1.29, 1.82) is 0 Å². The molecule has 0 saturated heterocycles. The van der Waals surface area contributed by atoms with Crippen LogP contribution in [0.4, 0.5) is 0 Å². The standard InChI is InChI=1S/C16H19N3O4/c1-19(7-10(20)9-22-2)8-13-17-14-11-5-3-4-6-12(11)23-15(14)16(21)18-13/h3-6,10,20H,7-9H2,1-2H3,(H,17,18,21). The van der Waals surface area contributed by atoms with Crippen molar-refractivity contribution in [2.45, 2.75) is 12.6 Å². The lowest BCUT2D eigenvalue weighted by atomic mass is 10.2. The molecule has 1 unspecified atom stereocenters. The maximum Gasteiger partial charge on any atom is 0.294 e. The molecule has 0 fully saturated rings. The van der Waals surface area contributed by atoms with E-state index in [1.165, 1.54) is 0 Å². The Hall–Kier alpha value is -2.22. The number of hydrogen-bond donors (Lipinski definition) is 2. The smallest absolute Gasteiger partial charge is 0.294 e. The quantitative estimate of drug-likeness (QED) is 0.707. The van der Waals surface area contributed by atoms with Gasteiger partial charge in [0, 0.05) is 19.0 Å². The Labute approximate surface area is 132 Å². The molecule has 0 spiro atoms. The summed E-state index contributed by atoms with van der Waals surface area (Å²) in [6, 6.07) is 7.42. The van der Waals surface area contributed by atoms with Crippen LogP contribution in [0.2, 0.25) is 0 Å². The average molecular weight is 317 g/mol. The van der Waals surface area contributed by atoms with Crippen LogP contribution >= 0.6 is 0 Å². The molecule has 7 heteroatoms. The number of methoxy groups -OCH3 is 1. The molecule has 0 saturated carbocycles. The van der Waals surface area contributed by atoms with E-state index in [0.29, 0.717) is 30.0 Å². The van der Waals surface area contributed by atoms with Gasteiger partial charge in [0.1, 0.15) is 16.9 Å². The fourth-order valence-electron chi connectivity index (χ4n) is 2.65. The zero-order valence-electron chi connectivity index (χ0n) is 13.1. The number of rotatable bonds is 6. The molecule has 2 N–H and O–H groups in total. The van der Waals surface area contributed by atoms with Crippen molar-refractivity contribution < 1.29 is 14.3 Å². The Balaban J connectivity index is 1.90. The van der Waals surface area contributed by atoms with Crippen molar-refractivity contribution in [3.63, 3.8) is 0 Å². The number of hydrogen-bond acceptors (Lipinski definition) is 6. The normalized spacial score (nSPS) is 13.2. The van der Waals surface area contributed by atoms with Gasteiger partial charge in [0.25, 0.3) is 5.56 Å². The van der Waals surface area contributed by atoms with Crippen LogP contribution < -0.4 is 5.56 Å². The van der Waals surface area contributed by atoms with E-state index < -0.39 is 6.10 Å². The van der Waals surface area contributed by atoms with E-state index in [1.54, 1.807) is 7.11 Å². The molecule has 0 aliphatic carbocycles. The molecule has 23 heavy (non-hydrogen) atoms. The molecule has 0 bridgehead atoms. The van der Waals surface area contributed by atoms with E-state index in [0.717, 1.165) is 5.39 Å². The second-order valence-corrected chi connectivity index (χ2v) is 5.59. The van der Waals surface area contributed by atoms with Crippen molar-refractivity contribution in [1.82, 2.24) is 14.9 Å². The number of likely N-dealkylation sites (N-methyl/N-ethyl adjacent to an activating group) is 1. The highest BCUT2D eigenvalue weighted by molar-refractivity contribution is 6.01. The van der Waals surface area contributed by atoms with Crippen LogP contribution in [0.5, 0.6) is 0 Å². The van der Waals surface area contributed by atoms with Gasteiger partial charge in [-0.15, -0.1) is 0 Å². The first-order chi connectivity index (χ1) is 11.1. The average Bonchev–Trinajstić information content (AvgIpc) is 2.87. The number of nitrogens with one attached hydrogen (secondary N) is 1. The summed E-state index contributed by atoms with van der Waals surface area (Å²) in [5, 5.41) is 10.6. The predicted octanol–water partition coefficient (Wildman–Crippen LogP) is 1.11. The lowest BCUT2D eigenvalue weighted by Gasteiger charge is -2.19. The summed E-state index contributed by atoms with van der Waals surface area (Å²) in [5.74, 6) is 0.529. The Morgan fingerprint density at radius 1 is 1.43 bits per heavy atom. The summed E-state index contributed by atoms with van der Waals surface area (Å²) in [6.07, 6.45) is -0.588. The first-order valence-corrected chi connectivity index (χ1v) is 7.34. The molecule has 122 valence electrons. The number of H-pyrrole nitrogens is 1. The van der Waals surface area contributed by atoms with Gasteiger partial charge < -0.3 is 19.2 Å². The zero-order chi connectivity index (χ0) is 16.4. The molecule has 0 aliphatic heterocycles. The van der Waals surface area contributed by atoms with Gasteiger partial charge in [0.2, 0.25) is 5.58 Å². The Morgan fingerprint density at radius 2 is 2.22 bits per heavy atom. The van der Waals surface area contributed by atoms with E-state index in [1.807, 2.05) is 36.2 Å². The van der Waals surface area contributed by atoms with Crippen LogP contribution in [-0.2, 0) is 11.3 Å². The van der Waals surface area contributed by atoms with Gasteiger partial charge in [-0.3, -0.25) is 9.69 Å². The van der Waals surface area contributed by atoms with Gasteiger partial charge in [-0.25, -0.2) is 4.98 Å². The van der Waals surface area contributed by atoms with E-state index in [-0.39, 0.29) is 17.7 Å². The number of benzene rings is 1. The fraction of sp³-hybridized carbons (Fsp3) is 0.375. The Morgan fingerprint density at radius 3 is 3.00 bits per heavy atom. The number of aromatic amines is 1. The van der Waals surface area contributed by atoms with Crippen LogP contribution in [0, 0.1) is 0 Å². The van der Waals surface area contributed by atoms with E-state index >= 15 is 0 Å². The molecule has 3 rings (SSSR count). The second kappa shape index (κ2) is 6.49. The van der Waals surface area contributed by atoms with Gasteiger partial charge >= 0.3 is 0 Å². The lowest BCUT2D eigenvalue weighted by Crippen LogP contribution is -2.32. The third-order valence-electron chi connectivity index (χ3n) is 3.58. The Kier molecular flexibility index (Phi) is 4.42. The van der Waals surface area contributed by atoms with Crippen LogP contribution in [0.1, 0.15) is 5.82 Å². The summed E-state index contributed by atoms with van der Waals surface area (Å²) in [7, 11) is 3.39. The van der Waals surface area contributed by atoms with Gasteiger partial charge in [-0.1, -0.05) is 12.1 Å². The largest absolute Gasteiger partial charge is 0.449 e. The number of aromatic nitrogens is 2. The van der Waals surface area contributed by atoms with Crippen LogP contribution in [0.15, 0.2) is 33.5 Å². The SMILES string of the molecule is COCC(O)CN(C)Cc1nc2c(oc3ccccc32)c(=O)[nH]1. The summed E-state index contributed by atoms with van der Waals surface area (Å²) >= 11 is 0. The molecule has 0 aliphatic rings. The number of aliphatic hydroxyl groups excluding tert-OH is 1. The number of para-hydroxylation sites is 1. The molecule has 3 aromatic rings. The summed E-state index contributed by atoms with van der Waals surface area (Å²) in [5.41, 5.74) is 1.13. The van der Waals surface area contributed by atoms with E-state index in [2.05, 4.69) is 9.97 Å². The monoisotopic (exact) mass is 317 g/mol. The number of fused-ring (bicyclic) bond motifs is 3.